The fourth-order valence-electron chi connectivity index (χ4n) is 2.94. The van der Waals surface area contributed by atoms with Gasteiger partial charge in [-0.2, -0.15) is 0 Å². The highest BCUT2D eigenvalue weighted by atomic mass is 32.2. The lowest BCUT2D eigenvalue weighted by Crippen LogP contribution is -2.57. The molecule has 0 saturated carbocycles. The number of carboxylic acid groups (broad SMARTS) is 1. The zero-order valence-electron chi connectivity index (χ0n) is 17.9. The Balaban J connectivity index is 2.56. The maximum Gasteiger partial charge on any atom is 0.324 e. The normalized spacial score (nSPS) is 13.4. The summed E-state index contributed by atoms with van der Waals surface area (Å²) in [6, 6.07) is 5.19. The minimum Gasteiger partial charge on any atom is -0.480 e. The number of hydrazine groups is 1. The smallest absolute Gasteiger partial charge is 0.324 e. The molecule has 0 aromatic heterocycles. The summed E-state index contributed by atoms with van der Waals surface area (Å²) < 4.78 is 45.8. The van der Waals surface area contributed by atoms with E-state index in [2.05, 4.69) is 10.2 Å². The number of rotatable bonds is 10. The van der Waals surface area contributed by atoms with Crippen LogP contribution in [0.1, 0.15) is 18.1 Å². The average Bonchev–Trinajstić information content (AvgIpc) is 2.76. The topological polar surface area (TPSA) is 156 Å². The molecule has 0 radical (unpaired) electrons. The van der Waals surface area contributed by atoms with Crippen LogP contribution in [0.4, 0.5) is 10.1 Å². The number of para-hydroxylation sites is 1. The third-order valence-corrected chi connectivity index (χ3v) is 6.55. The quantitative estimate of drug-likeness (QED) is 0.292. The second-order valence-corrected chi connectivity index (χ2v) is 8.83. The average molecular weight is 483 g/mol. The van der Waals surface area contributed by atoms with Gasteiger partial charge in [0.1, 0.15) is 17.9 Å². The molecule has 11 nitrogen and oxygen atoms in total. The molecule has 0 saturated heterocycles. The molecule has 0 aliphatic rings. The number of benzene rings is 2. The van der Waals surface area contributed by atoms with Crippen molar-refractivity contribution in [2.24, 2.45) is 0 Å². The molecular weight excluding hydrogens is 461 g/mol. The monoisotopic (exact) mass is 483 g/mol. The number of methoxy groups -OCH3 is 1. The van der Waals surface area contributed by atoms with E-state index in [1.807, 2.05) is 0 Å². The molecule has 0 bridgehead atoms. The molecule has 33 heavy (non-hydrogen) atoms. The molecule has 0 amide bonds. The fraction of sp³-hybridized carbons (Fsp3) is 0.300. The van der Waals surface area contributed by atoms with Gasteiger partial charge in [0.2, 0.25) is 0 Å². The molecule has 0 aliphatic heterocycles. The van der Waals surface area contributed by atoms with Crippen molar-refractivity contribution < 1.29 is 37.2 Å². The number of hydrogen-bond donors (Lipinski definition) is 2. The lowest BCUT2D eigenvalue weighted by molar-refractivity contribution is -0.387. The standard InChI is InChI=1S/C20H22FN3O8S/c1-12-8-9-14(15(21)10-12)11-16(20(27)32-3)22-23(13(2)19(25)26)33(30,31)18-7-5-4-6-17(18)24(28)29/h4-10,13,16,22H,11H2,1-3H3,(H,25,26)/t13-,16-/m0/s1. The summed E-state index contributed by atoms with van der Waals surface area (Å²) in [7, 11) is -3.85. The number of hydrogen-bond acceptors (Lipinski definition) is 8. The van der Waals surface area contributed by atoms with Crippen LogP contribution in [0.2, 0.25) is 0 Å². The van der Waals surface area contributed by atoms with Gasteiger partial charge in [0.25, 0.3) is 15.7 Å². The highest BCUT2D eigenvalue weighted by Gasteiger charge is 2.40. The Morgan fingerprint density at radius 3 is 2.45 bits per heavy atom. The van der Waals surface area contributed by atoms with E-state index in [9.17, 15) is 37.6 Å². The van der Waals surface area contributed by atoms with E-state index in [1.54, 1.807) is 13.0 Å². The van der Waals surface area contributed by atoms with Crippen molar-refractivity contribution in [2.75, 3.05) is 7.11 Å². The van der Waals surface area contributed by atoms with Crippen LogP contribution in [0.5, 0.6) is 0 Å². The zero-order valence-corrected chi connectivity index (χ0v) is 18.7. The number of carboxylic acids is 1. The van der Waals surface area contributed by atoms with Crippen LogP contribution in [0.15, 0.2) is 47.4 Å². The molecular formula is C20H22FN3O8S. The van der Waals surface area contributed by atoms with Crippen molar-refractivity contribution >= 4 is 27.6 Å². The summed E-state index contributed by atoms with van der Waals surface area (Å²) in [6.45, 7) is 2.65. The van der Waals surface area contributed by atoms with E-state index < -0.39 is 61.8 Å². The zero-order chi connectivity index (χ0) is 24.9. The summed E-state index contributed by atoms with van der Waals surface area (Å²) in [5, 5.41) is 20.8. The maximum absolute atomic E-state index is 14.4. The predicted octanol–water partition coefficient (Wildman–Crippen LogP) is 1.80. The van der Waals surface area contributed by atoms with E-state index in [4.69, 9.17) is 0 Å². The number of aliphatic carboxylic acids is 1. The molecule has 2 rings (SSSR count). The number of aryl methyl sites for hydroxylation is 1. The summed E-state index contributed by atoms with van der Waals surface area (Å²) >= 11 is 0. The molecule has 178 valence electrons. The predicted molar refractivity (Wildman–Crippen MR) is 113 cm³/mol. The summed E-state index contributed by atoms with van der Waals surface area (Å²) in [4.78, 5) is 33.7. The minimum atomic E-state index is -4.87. The lowest BCUT2D eigenvalue weighted by Gasteiger charge is -2.29. The molecule has 13 heteroatoms. The highest BCUT2D eigenvalue weighted by molar-refractivity contribution is 7.89. The minimum absolute atomic E-state index is 0.0366. The van der Waals surface area contributed by atoms with Gasteiger partial charge in [-0.15, -0.1) is 4.41 Å². The number of carbonyl (C=O) groups excluding carboxylic acids is 1. The largest absolute Gasteiger partial charge is 0.480 e. The van der Waals surface area contributed by atoms with Crippen molar-refractivity contribution in [2.45, 2.75) is 37.2 Å². The summed E-state index contributed by atoms with van der Waals surface area (Å²) in [6.07, 6.45) is -0.395. The molecule has 0 aliphatic carbocycles. The Kier molecular flexibility index (Phi) is 8.19. The SMILES string of the molecule is COC(=O)[C@H](Cc1ccc(C)cc1F)NN([C@@H](C)C(=O)O)S(=O)(=O)c1ccccc1[N+](=O)[O-]. The Hall–Kier alpha value is -3.42. The third-order valence-electron chi connectivity index (χ3n) is 4.71. The van der Waals surface area contributed by atoms with Gasteiger partial charge in [0, 0.05) is 12.5 Å². The van der Waals surface area contributed by atoms with Gasteiger partial charge in [0.15, 0.2) is 4.90 Å². The van der Waals surface area contributed by atoms with Gasteiger partial charge in [-0.25, -0.2) is 18.2 Å². The second kappa shape index (κ2) is 10.5. The lowest BCUT2D eigenvalue weighted by atomic mass is 10.0. The number of nitro benzene ring substituents is 1. The van der Waals surface area contributed by atoms with E-state index >= 15 is 0 Å². The number of sulfonamides is 1. The first kappa shape index (κ1) is 25.8. The molecule has 2 atom stereocenters. The third kappa shape index (κ3) is 5.88. The van der Waals surface area contributed by atoms with Crippen LogP contribution >= 0.6 is 0 Å². The number of nitro groups is 1. The van der Waals surface area contributed by atoms with Gasteiger partial charge in [-0.3, -0.25) is 19.7 Å². The second-order valence-electron chi connectivity index (χ2n) is 7.04. The molecule has 2 aromatic rings. The van der Waals surface area contributed by atoms with E-state index in [1.165, 1.54) is 24.3 Å². The molecule has 0 spiro atoms. The first-order valence-electron chi connectivity index (χ1n) is 9.49. The molecule has 0 heterocycles. The summed E-state index contributed by atoms with van der Waals surface area (Å²) in [5.41, 5.74) is 2.14. The fourth-order valence-corrected chi connectivity index (χ4v) is 4.58. The Morgan fingerprint density at radius 2 is 1.91 bits per heavy atom. The number of nitrogens with one attached hydrogen (secondary N) is 1. The molecule has 0 unspecified atom stereocenters. The number of carbonyl (C=O) groups is 2. The first-order chi connectivity index (χ1) is 15.4. The van der Waals surface area contributed by atoms with Crippen LogP contribution in [-0.4, -0.2) is 54.0 Å². The van der Waals surface area contributed by atoms with Gasteiger partial charge in [-0.05, 0) is 37.1 Å². The van der Waals surface area contributed by atoms with Crippen molar-refractivity contribution in [1.82, 2.24) is 9.84 Å². The van der Waals surface area contributed by atoms with Gasteiger partial charge >= 0.3 is 11.9 Å². The maximum atomic E-state index is 14.4. The van der Waals surface area contributed by atoms with E-state index in [-0.39, 0.29) is 9.98 Å². The number of halogens is 1. The van der Waals surface area contributed by atoms with Crippen LogP contribution < -0.4 is 5.43 Å². The van der Waals surface area contributed by atoms with E-state index in [0.29, 0.717) is 5.56 Å². The Labute approximate surface area is 188 Å². The first-order valence-corrected chi connectivity index (χ1v) is 10.9. The van der Waals surface area contributed by atoms with E-state index in [0.717, 1.165) is 26.2 Å². The Morgan fingerprint density at radius 1 is 1.27 bits per heavy atom. The van der Waals surface area contributed by atoms with Crippen molar-refractivity contribution in [1.29, 1.82) is 0 Å². The van der Waals surface area contributed by atoms with Gasteiger partial charge in [0.05, 0.1) is 12.0 Å². The van der Waals surface area contributed by atoms with Gasteiger partial charge < -0.3 is 9.84 Å². The van der Waals surface area contributed by atoms with Crippen LogP contribution in [0.25, 0.3) is 0 Å². The van der Waals surface area contributed by atoms with Gasteiger partial charge in [-0.1, -0.05) is 24.3 Å². The van der Waals surface area contributed by atoms with Crippen molar-refractivity contribution in [3.8, 4) is 0 Å². The summed E-state index contributed by atoms with van der Waals surface area (Å²) in [5.74, 6) is -3.27. The molecule has 0 fully saturated rings. The van der Waals surface area contributed by atoms with Crippen LogP contribution in [-0.2, 0) is 30.8 Å². The van der Waals surface area contributed by atoms with Crippen molar-refractivity contribution in [3.05, 3.63) is 69.5 Å². The number of esters is 1. The Bertz CT molecular complexity index is 1170. The van der Waals surface area contributed by atoms with Crippen molar-refractivity contribution in [3.63, 3.8) is 0 Å². The number of ether oxygens (including phenoxy) is 1. The molecule has 2 aromatic carbocycles. The van der Waals surface area contributed by atoms with Crippen LogP contribution in [0.3, 0.4) is 0 Å². The van der Waals surface area contributed by atoms with Crippen LogP contribution in [0, 0.1) is 22.9 Å². The highest BCUT2D eigenvalue weighted by Crippen LogP contribution is 2.27. The number of nitrogens with zero attached hydrogens (tertiary/aromatic N) is 2. The molecule has 2 N–H and O–H groups in total.